The molecule has 5 rings (SSSR count). The maximum atomic E-state index is 13.6. The Morgan fingerprint density at radius 3 is 2.61 bits per heavy atom. The number of carbonyl (C=O) groups excluding carboxylic acids is 1. The van der Waals surface area contributed by atoms with Crippen LogP contribution in [0.15, 0.2) is 52.9 Å². The van der Waals surface area contributed by atoms with E-state index in [1.807, 2.05) is 45.2 Å². The zero-order valence-electron chi connectivity index (χ0n) is 18.9. The molecule has 1 amide bonds. The van der Waals surface area contributed by atoms with Gasteiger partial charge in [0.05, 0.1) is 6.42 Å². The largest absolute Gasteiger partial charge is 0.338 e. The second-order valence-corrected chi connectivity index (χ2v) is 9.98. The van der Waals surface area contributed by atoms with Crippen LogP contribution in [0.25, 0.3) is 11.1 Å². The molecule has 0 unspecified atom stereocenters. The van der Waals surface area contributed by atoms with Crippen LogP contribution in [0.4, 0.5) is 0 Å². The minimum Gasteiger partial charge on any atom is -0.338 e. The van der Waals surface area contributed by atoms with Crippen LogP contribution in [0.3, 0.4) is 0 Å². The van der Waals surface area contributed by atoms with Crippen LogP contribution in [-0.2, 0) is 30.7 Å². The van der Waals surface area contributed by atoms with Gasteiger partial charge in [0.25, 0.3) is 5.56 Å². The number of fused-ring (bicyclic) bond motifs is 1. The number of rotatable bonds is 6. The summed E-state index contributed by atoms with van der Waals surface area (Å²) in [5.41, 5.74) is 3.82. The van der Waals surface area contributed by atoms with Gasteiger partial charge in [-0.2, -0.15) is 0 Å². The summed E-state index contributed by atoms with van der Waals surface area (Å²) in [5, 5.41) is 2.01. The third-order valence-electron chi connectivity index (χ3n) is 6.81. The third kappa shape index (κ3) is 4.94. The Morgan fingerprint density at radius 2 is 1.85 bits per heavy atom. The molecule has 0 aromatic carbocycles. The van der Waals surface area contributed by atoms with E-state index in [-0.39, 0.29) is 11.5 Å². The summed E-state index contributed by atoms with van der Waals surface area (Å²) in [6.07, 6.45) is 8.40. The number of piperidine rings is 1. The van der Waals surface area contributed by atoms with Crippen molar-refractivity contribution in [3.63, 3.8) is 0 Å². The van der Waals surface area contributed by atoms with E-state index in [0.29, 0.717) is 31.6 Å². The Kier molecular flexibility index (Phi) is 6.69. The molecular formula is C26H30N4O2S. The summed E-state index contributed by atoms with van der Waals surface area (Å²) in [4.78, 5) is 36.2. The Balaban J connectivity index is 1.44. The molecule has 33 heavy (non-hydrogen) atoms. The normalized spacial score (nSPS) is 16.5. The number of amides is 1. The molecular weight excluding hydrogens is 432 g/mol. The molecule has 3 aromatic rings. The van der Waals surface area contributed by atoms with Gasteiger partial charge < -0.3 is 14.4 Å². The molecule has 0 spiro atoms. The lowest BCUT2D eigenvalue weighted by molar-refractivity contribution is -0.131. The van der Waals surface area contributed by atoms with Gasteiger partial charge in [0.2, 0.25) is 5.91 Å². The predicted octanol–water partition coefficient (Wildman–Crippen LogP) is 3.59. The number of aromatic nitrogens is 2. The summed E-state index contributed by atoms with van der Waals surface area (Å²) in [5.74, 6) is 0.152. The number of nitrogens with zero attached hydrogens (tertiary/aromatic N) is 4. The third-order valence-corrected chi connectivity index (χ3v) is 7.68. The molecule has 3 aromatic heterocycles. The van der Waals surface area contributed by atoms with Crippen LogP contribution in [0.1, 0.15) is 35.4 Å². The topological polar surface area (TPSA) is 58.4 Å². The molecule has 0 N–H and O–H groups in total. The fourth-order valence-corrected chi connectivity index (χ4v) is 5.70. The van der Waals surface area contributed by atoms with Gasteiger partial charge in [0, 0.05) is 61.1 Å². The van der Waals surface area contributed by atoms with Crippen molar-refractivity contribution in [2.24, 2.45) is 0 Å². The van der Waals surface area contributed by atoms with Crippen LogP contribution >= 0.6 is 11.3 Å². The fraction of sp³-hybridized carbons (Fsp3) is 0.423. The highest BCUT2D eigenvalue weighted by atomic mass is 32.1. The molecule has 0 atom stereocenters. The molecule has 2 aliphatic rings. The van der Waals surface area contributed by atoms with E-state index < -0.39 is 0 Å². The van der Waals surface area contributed by atoms with Gasteiger partial charge in [-0.3, -0.25) is 14.6 Å². The van der Waals surface area contributed by atoms with Crippen LogP contribution in [-0.4, -0.2) is 51.4 Å². The number of likely N-dealkylation sites (tertiary alicyclic amines) is 1. The summed E-state index contributed by atoms with van der Waals surface area (Å²) >= 11 is 1.62. The molecule has 0 bridgehead atoms. The Bertz CT molecular complexity index is 1150. The van der Waals surface area contributed by atoms with Gasteiger partial charge >= 0.3 is 0 Å². The summed E-state index contributed by atoms with van der Waals surface area (Å²) in [7, 11) is 0. The average Bonchev–Trinajstić information content (AvgIpc) is 3.37. The van der Waals surface area contributed by atoms with E-state index >= 15 is 0 Å². The zero-order valence-corrected chi connectivity index (χ0v) is 19.7. The van der Waals surface area contributed by atoms with Gasteiger partial charge in [-0.1, -0.05) is 12.5 Å². The van der Waals surface area contributed by atoms with Gasteiger partial charge in [-0.25, -0.2) is 0 Å². The first-order valence-corrected chi connectivity index (χ1v) is 12.8. The van der Waals surface area contributed by atoms with Gasteiger partial charge in [-0.05, 0) is 66.7 Å². The van der Waals surface area contributed by atoms with Crippen molar-refractivity contribution < 1.29 is 4.79 Å². The highest BCUT2D eigenvalue weighted by Gasteiger charge is 2.25. The molecule has 6 nitrogen and oxygen atoms in total. The second-order valence-electron chi connectivity index (χ2n) is 8.95. The van der Waals surface area contributed by atoms with Gasteiger partial charge in [0.1, 0.15) is 0 Å². The second kappa shape index (κ2) is 10.0. The minimum atomic E-state index is 0.0651. The zero-order chi connectivity index (χ0) is 22.6. The van der Waals surface area contributed by atoms with E-state index in [1.54, 1.807) is 23.7 Å². The van der Waals surface area contributed by atoms with Crippen molar-refractivity contribution in [2.45, 2.75) is 45.2 Å². The first-order valence-electron chi connectivity index (χ1n) is 11.9. The van der Waals surface area contributed by atoms with Crippen molar-refractivity contribution in [1.29, 1.82) is 0 Å². The van der Waals surface area contributed by atoms with E-state index in [9.17, 15) is 9.59 Å². The molecule has 1 fully saturated rings. The highest BCUT2D eigenvalue weighted by molar-refractivity contribution is 7.10. The van der Waals surface area contributed by atoms with Crippen molar-refractivity contribution in [2.75, 3.05) is 26.2 Å². The fourth-order valence-electron chi connectivity index (χ4n) is 5.00. The number of carbonyl (C=O) groups is 1. The number of hydrogen-bond acceptors (Lipinski definition) is 5. The lowest BCUT2D eigenvalue weighted by Gasteiger charge is -2.32. The van der Waals surface area contributed by atoms with Gasteiger partial charge in [-0.15, -0.1) is 11.3 Å². The van der Waals surface area contributed by atoms with Crippen LogP contribution in [0.5, 0.6) is 0 Å². The summed E-state index contributed by atoms with van der Waals surface area (Å²) in [6, 6.07) is 9.79. The maximum Gasteiger partial charge on any atom is 0.258 e. The van der Waals surface area contributed by atoms with Crippen LogP contribution in [0.2, 0.25) is 0 Å². The molecule has 172 valence electrons. The Labute approximate surface area is 198 Å². The van der Waals surface area contributed by atoms with Crippen molar-refractivity contribution in [3.8, 4) is 11.1 Å². The lowest BCUT2D eigenvalue weighted by Crippen LogP contribution is -2.41. The molecule has 5 heterocycles. The first-order chi connectivity index (χ1) is 16.2. The van der Waals surface area contributed by atoms with E-state index in [2.05, 4.69) is 9.88 Å². The maximum absolute atomic E-state index is 13.6. The number of pyridine rings is 2. The number of hydrogen-bond donors (Lipinski definition) is 0. The quantitative estimate of drug-likeness (QED) is 0.562. The highest BCUT2D eigenvalue weighted by Crippen LogP contribution is 2.24. The average molecular weight is 463 g/mol. The van der Waals surface area contributed by atoms with E-state index in [0.717, 1.165) is 47.8 Å². The number of thiophene rings is 1. The van der Waals surface area contributed by atoms with Crippen molar-refractivity contribution in [3.05, 3.63) is 74.6 Å². The van der Waals surface area contributed by atoms with E-state index in [1.165, 1.54) is 19.3 Å². The Hall–Kier alpha value is -2.77. The molecule has 0 saturated carbocycles. The SMILES string of the molecule is O=C(Cc1cccs1)N1CCc2c(cc(-c3ccncc3)c(=O)n2CCN2CCCCC2)C1. The molecule has 0 radical (unpaired) electrons. The standard InChI is InChI=1S/C26H30N4O2S/c31-25(18-22-5-4-16-33-22)29-13-8-24-21(19-29)17-23(20-6-9-27-10-7-20)26(32)30(24)15-14-28-11-2-1-3-12-28/h4-7,9-10,16-17H,1-3,8,11-15,18-19H2. The minimum absolute atomic E-state index is 0.0651. The van der Waals surface area contributed by atoms with Crippen molar-refractivity contribution in [1.82, 2.24) is 19.4 Å². The Morgan fingerprint density at radius 1 is 1.03 bits per heavy atom. The lowest BCUT2D eigenvalue weighted by atomic mass is 9.99. The first kappa shape index (κ1) is 22.0. The predicted molar refractivity (Wildman–Crippen MR) is 131 cm³/mol. The molecule has 7 heteroatoms. The van der Waals surface area contributed by atoms with Gasteiger partial charge in [0.15, 0.2) is 0 Å². The smallest absolute Gasteiger partial charge is 0.258 e. The van der Waals surface area contributed by atoms with Crippen LogP contribution < -0.4 is 5.56 Å². The summed E-state index contributed by atoms with van der Waals surface area (Å²) in [6.45, 7) is 5.05. The molecule has 2 aliphatic heterocycles. The monoisotopic (exact) mass is 462 g/mol. The van der Waals surface area contributed by atoms with Crippen molar-refractivity contribution >= 4 is 17.2 Å². The van der Waals surface area contributed by atoms with Crippen LogP contribution in [0, 0.1) is 0 Å². The molecule has 1 saturated heterocycles. The van der Waals surface area contributed by atoms with E-state index in [4.69, 9.17) is 0 Å². The molecule has 0 aliphatic carbocycles. The summed E-state index contributed by atoms with van der Waals surface area (Å²) < 4.78 is 1.99.